The molecule has 84 valence electrons. The van der Waals surface area contributed by atoms with Crippen molar-refractivity contribution in [1.82, 2.24) is 19.6 Å². The smallest absolute Gasteiger partial charge is 0.219 e. The van der Waals surface area contributed by atoms with Gasteiger partial charge >= 0.3 is 0 Å². The highest BCUT2D eigenvalue weighted by molar-refractivity contribution is 5.80. The van der Waals surface area contributed by atoms with Gasteiger partial charge in [0.15, 0.2) is 5.82 Å². The molecule has 0 aliphatic heterocycles. The van der Waals surface area contributed by atoms with E-state index in [1.807, 2.05) is 24.3 Å². The third-order valence-electron chi connectivity index (χ3n) is 2.53. The predicted molar refractivity (Wildman–Crippen MR) is 65.3 cm³/mol. The van der Waals surface area contributed by atoms with Crippen molar-refractivity contribution >= 4 is 17.0 Å². The Labute approximate surface area is 96.9 Å². The second-order valence-corrected chi connectivity index (χ2v) is 3.62. The number of nitrogen functional groups attached to an aromatic ring is 2. The molecule has 0 saturated carbocycles. The van der Waals surface area contributed by atoms with Crippen LogP contribution in [0.2, 0.25) is 0 Å². The minimum absolute atomic E-state index is 0.230. The second-order valence-electron chi connectivity index (χ2n) is 3.62. The average molecular weight is 226 g/mol. The largest absolute Gasteiger partial charge is 0.368 e. The number of rotatable bonds is 1. The molecule has 0 radical (unpaired) electrons. The molecule has 0 aliphatic rings. The van der Waals surface area contributed by atoms with Crippen molar-refractivity contribution < 1.29 is 0 Å². The molecule has 0 fully saturated rings. The van der Waals surface area contributed by atoms with Crippen LogP contribution in [-0.4, -0.2) is 19.6 Å². The Hall–Kier alpha value is -2.63. The molecule has 6 heteroatoms. The first-order chi connectivity index (χ1) is 8.25. The summed E-state index contributed by atoms with van der Waals surface area (Å²) in [6.07, 6.45) is 3.21. The molecule has 4 N–H and O–H groups in total. The summed E-state index contributed by atoms with van der Waals surface area (Å²) < 4.78 is 1.52. The van der Waals surface area contributed by atoms with E-state index in [2.05, 4.69) is 15.0 Å². The fourth-order valence-corrected chi connectivity index (χ4v) is 1.70. The minimum Gasteiger partial charge on any atom is -0.368 e. The Kier molecular flexibility index (Phi) is 1.94. The first-order valence-electron chi connectivity index (χ1n) is 5.06. The van der Waals surface area contributed by atoms with Gasteiger partial charge in [0.05, 0.1) is 16.6 Å². The SMILES string of the molecule is Nc1ncc(-c2nc3ccccc3n2N)cn1. The van der Waals surface area contributed by atoms with Crippen LogP contribution in [0.25, 0.3) is 22.4 Å². The summed E-state index contributed by atoms with van der Waals surface area (Å²) in [5.41, 5.74) is 7.87. The summed E-state index contributed by atoms with van der Waals surface area (Å²) >= 11 is 0. The fourth-order valence-electron chi connectivity index (χ4n) is 1.70. The lowest BCUT2D eigenvalue weighted by atomic mass is 10.3. The number of nitrogens with zero attached hydrogens (tertiary/aromatic N) is 4. The van der Waals surface area contributed by atoms with Crippen LogP contribution in [-0.2, 0) is 0 Å². The highest BCUT2D eigenvalue weighted by Crippen LogP contribution is 2.21. The van der Waals surface area contributed by atoms with Gasteiger partial charge in [-0.3, -0.25) is 0 Å². The molecule has 2 heterocycles. The van der Waals surface area contributed by atoms with Gasteiger partial charge in [-0.25, -0.2) is 19.6 Å². The summed E-state index contributed by atoms with van der Waals surface area (Å²) in [5.74, 6) is 6.82. The second kappa shape index (κ2) is 3.44. The molecule has 2 aromatic heterocycles. The Morgan fingerprint density at radius 3 is 2.47 bits per heavy atom. The molecule has 0 unspecified atom stereocenters. The van der Waals surface area contributed by atoms with Crippen LogP contribution >= 0.6 is 0 Å². The molecule has 0 aliphatic carbocycles. The maximum atomic E-state index is 5.98. The first kappa shape index (κ1) is 9.59. The number of hydrogen-bond acceptors (Lipinski definition) is 5. The van der Waals surface area contributed by atoms with E-state index in [4.69, 9.17) is 11.6 Å². The predicted octanol–water partition coefficient (Wildman–Crippen LogP) is 0.789. The number of para-hydroxylation sites is 2. The van der Waals surface area contributed by atoms with E-state index in [0.717, 1.165) is 16.6 Å². The van der Waals surface area contributed by atoms with Crippen LogP contribution in [0.4, 0.5) is 5.95 Å². The van der Waals surface area contributed by atoms with Gasteiger partial charge in [-0.15, -0.1) is 0 Å². The Morgan fingerprint density at radius 2 is 1.76 bits per heavy atom. The Bertz CT molecular complexity index is 670. The molecule has 0 amide bonds. The van der Waals surface area contributed by atoms with Crippen LogP contribution in [0.1, 0.15) is 0 Å². The minimum atomic E-state index is 0.230. The van der Waals surface area contributed by atoms with Crippen LogP contribution in [0.3, 0.4) is 0 Å². The van der Waals surface area contributed by atoms with E-state index in [-0.39, 0.29) is 5.95 Å². The van der Waals surface area contributed by atoms with Gasteiger partial charge in [0.25, 0.3) is 0 Å². The summed E-state index contributed by atoms with van der Waals surface area (Å²) in [7, 11) is 0. The van der Waals surface area contributed by atoms with Crippen molar-refractivity contribution in [3.8, 4) is 11.4 Å². The number of benzene rings is 1. The van der Waals surface area contributed by atoms with Gasteiger partial charge < -0.3 is 11.6 Å². The summed E-state index contributed by atoms with van der Waals surface area (Å²) in [6, 6.07) is 7.64. The molecule has 0 spiro atoms. The lowest BCUT2D eigenvalue weighted by Gasteiger charge is -2.01. The normalized spacial score (nSPS) is 10.8. The maximum Gasteiger partial charge on any atom is 0.219 e. The number of fused-ring (bicyclic) bond motifs is 1. The number of nitrogens with two attached hydrogens (primary N) is 2. The van der Waals surface area contributed by atoms with Crippen LogP contribution in [0.15, 0.2) is 36.7 Å². The third-order valence-corrected chi connectivity index (χ3v) is 2.53. The molecular weight excluding hydrogens is 216 g/mol. The molecule has 0 bridgehead atoms. The van der Waals surface area contributed by atoms with Crippen molar-refractivity contribution in [1.29, 1.82) is 0 Å². The van der Waals surface area contributed by atoms with E-state index < -0.39 is 0 Å². The lowest BCUT2D eigenvalue weighted by molar-refractivity contribution is 1.04. The number of imidazole rings is 1. The van der Waals surface area contributed by atoms with E-state index in [1.54, 1.807) is 12.4 Å². The monoisotopic (exact) mass is 226 g/mol. The van der Waals surface area contributed by atoms with Gasteiger partial charge in [-0.05, 0) is 12.1 Å². The standard InChI is InChI=1S/C11H10N6/c12-11-14-5-7(6-15-11)10-16-8-3-1-2-4-9(8)17(10)13/h1-6H,13H2,(H2,12,14,15). The van der Waals surface area contributed by atoms with Gasteiger partial charge in [-0.1, -0.05) is 12.1 Å². The zero-order valence-corrected chi connectivity index (χ0v) is 8.91. The summed E-state index contributed by atoms with van der Waals surface area (Å²) in [6.45, 7) is 0. The quantitative estimate of drug-likeness (QED) is 0.598. The van der Waals surface area contributed by atoms with E-state index >= 15 is 0 Å². The van der Waals surface area contributed by atoms with Crippen molar-refractivity contribution in [3.63, 3.8) is 0 Å². The molecule has 3 rings (SSSR count). The highest BCUT2D eigenvalue weighted by Gasteiger charge is 2.10. The van der Waals surface area contributed by atoms with E-state index in [1.165, 1.54) is 4.68 Å². The van der Waals surface area contributed by atoms with Crippen LogP contribution in [0, 0.1) is 0 Å². The van der Waals surface area contributed by atoms with Crippen molar-refractivity contribution in [2.45, 2.75) is 0 Å². The number of aromatic nitrogens is 4. The van der Waals surface area contributed by atoms with E-state index in [0.29, 0.717) is 5.82 Å². The number of anilines is 1. The third kappa shape index (κ3) is 1.46. The van der Waals surface area contributed by atoms with Crippen molar-refractivity contribution in [3.05, 3.63) is 36.7 Å². The molecular formula is C11H10N6. The van der Waals surface area contributed by atoms with Crippen molar-refractivity contribution in [2.75, 3.05) is 11.6 Å². The van der Waals surface area contributed by atoms with E-state index in [9.17, 15) is 0 Å². The first-order valence-corrected chi connectivity index (χ1v) is 5.06. The van der Waals surface area contributed by atoms with Gasteiger partial charge in [0.2, 0.25) is 5.95 Å². The average Bonchev–Trinajstić information content (AvgIpc) is 2.69. The lowest BCUT2D eigenvalue weighted by Crippen LogP contribution is -2.10. The Balaban J connectivity index is 2.24. The summed E-state index contributed by atoms with van der Waals surface area (Å²) in [4.78, 5) is 12.3. The topological polar surface area (TPSA) is 95.6 Å². The zero-order valence-electron chi connectivity index (χ0n) is 8.91. The summed E-state index contributed by atoms with van der Waals surface area (Å²) in [5, 5.41) is 0. The molecule has 3 aromatic rings. The molecule has 1 aromatic carbocycles. The molecule has 0 saturated heterocycles. The maximum absolute atomic E-state index is 5.98. The van der Waals surface area contributed by atoms with Gasteiger partial charge in [-0.2, -0.15) is 0 Å². The molecule has 17 heavy (non-hydrogen) atoms. The van der Waals surface area contributed by atoms with Gasteiger partial charge in [0, 0.05) is 12.4 Å². The fraction of sp³-hybridized carbons (Fsp3) is 0. The zero-order chi connectivity index (χ0) is 11.8. The molecule has 6 nitrogen and oxygen atoms in total. The van der Waals surface area contributed by atoms with Crippen molar-refractivity contribution in [2.24, 2.45) is 0 Å². The highest BCUT2D eigenvalue weighted by atomic mass is 15.3. The van der Waals surface area contributed by atoms with Gasteiger partial charge in [0.1, 0.15) is 0 Å². The molecule has 0 atom stereocenters. The van der Waals surface area contributed by atoms with Crippen LogP contribution in [0.5, 0.6) is 0 Å². The van der Waals surface area contributed by atoms with Crippen LogP contribution < -0.4 is 11.6 Å². The number of hydrogen-bond donors (Lipinski definition) is 2. The Morgan fingerprint density at radius 1 is 1.06 bits per heavy atom.